The van der Waals surface area contributed by atoms with Crippen LogP contribution in [0.4, 0.5) is 0 Å². The second-order valence-electron chi connectivity index (χ2n) is 4.17. The van der Waals surface area contributed by atoms with E-state index < -0.39 is 0 Å². The zero-order valence-electron chi connectivity index (χ0n) is 11.0. The Balaban J connectivity index is 2.10. The van der Waals surface area contributed by atoms with Crippen LogP contribution in [0.2, 0.25) is 0 Å². The number of hydrogen-bond acceptors (Lipinski definition) is 4. The molecule has 0 aromatic carbocycles. The van der Waals surface area contributed by atoms with Gasteiger partial charge in [-0.25, -0.2) is 0 Å². The van der Waals surface area contributed by atoms with Crippen LogP contribution in [0.5, 0.6) is 0 Å². The van der Waals surface area contributed by atoms with E-state index in [1.165, 1.54) is 6.20 Å². The van der Waals surface area contributed by atoms with E-state index in [0.717, 1.165) is 11.1 Å². The molecule has 5 heteroatoms. The van der Waals surface area contributed by atoms with E-state index in [-0.39, 0.29) is 5.91 Å². The molecule has 20 heavy (non-hydrogen) atoms. The molecule has 0 aliphatic carbocycles. The molecule has 2 rings (SSSR count). The molecule has 3 N–H and O–H groups in total. The minimum atomic E-state index is -0.165. The second-order valence-corrected chi connectivity index (χ2v) is 4.17. The minimum absolute atomic E-state index is 0.165. The van der Waals surface area contributed by atoms with Gasteiger partial charge < -0.3 is 11.1 Å². The number of amides is 1. The Morgan fingerprint density at radius 3 is 2.65 bits per heavy atom. The third-order valence-electron chi connectivity index (χ3n) is 2.63. The lowest BCUT2D eigenvalue weighted by Crippen LogP contribution is -2.29. The van der Waals surface area contributed by atoms with E-state index in [2.05, 4.69) is 15.3 Å². The molecule has 0 fully saturated rings. The summed E-state index contributed by atoms with van der Waals surface area (Å²) in [4.78, 5) is 19.8. The molecule has 0 aliphatic heterocycles. The fourth-order valence-corrected chi connectivity index (χ4v) is 1.63. The summed E-state index contributed by atoms with van der Waals surface area (Å²) < 4.78 is 0. The van der Waals surface area contributed by atoms with Crippen LogP contribution in [0.25, 0.3) is 12.2 Å². The second kappa shape index (κ2) is 7.16. The summed E-state index contributed by atoms with van der Waals surface area (Å²) in [6.07, 6.45) is 10.6. The van der Waals surface area contributed by atoms with Crippen molar-refractivity contribution in [3.05, 3.63) is 59.7 Å². The van der Waals surface area contributed by atoms with Gasteiger partial charge in [-0.05, 0) is 29.3 Å². The van der Waals surface area contributed by atoms with Gasteiger partial charge in [-0.15, -0.1) is 0 Å². The number of carbonyl (C=O) groups is 1. The highest BCUT2D eigenvalue weighted by atomic mass is 16.1. The zero-order valence-corrected chi connectivity index (χ0v) is 11.0. The Bertz CT molecular complexity index is 596. The molecule has 0 atom stereocenters. The van der Waals surface area contributed by atoms with Gasteiger partial charge in [-0.2, -0.15) is 0 Å². The van der Waals surface area contributed by atoms with Crippen molar-refractivity contribution in [2.45, 2.75) is 0 Å². The van der Waals surface area contributed by atoms with Crippen LogP contribution >= 0.6 is 0 Å². The first-order chi connectivity index (χ1) is 9.79. The van der Waals surface area contributed by atoms with E-state index in [4.69, 9.17) is 5.73 Å². The fourth-order valence-electron chi connectivity index (χ4n) is 1.63. The molecule has 2 aromatic rings. The van der Waals surface area contributed by atoms with Gasteiger partial charge >= 0.3 is 0 Å². The summed E-state index contributed by atoms with van der Waals surface area (Å²) in [6, 6.07) is 5.60. The Kier molecular flexibility index (Phi) is 4.97. The zero-order chi connectivity index (χ0) is 14.2. The highest BCUT2D eigenvalue weighted by molar-refractivity contribution is 5.94. The monoisotopic (exact) mass is 268 g/mol. The molecular weight excluding hydrogens is 252 g/mol. The number of nitrogens with two attached hydrogens (primary N) is 1. The number of rotatable bonds is 5. The number of carbonyl (C=O) groups excluding carboxylic acids is 1. The quantitative estimate of drug-likeness (QED) is 0.857. The molecule has 102 valence electrons. The van der Waals surface area contributed by atoms with Gasteiger partial charge in [0.2, 0.25) is 0 Å². The lowest BCUT2D eigenvalue weighted by Gasteiger charge is -2.03. The molecule has 0 saturated heterocycles. The van der Waals surface area contributed by atoms with Crippen molar-refractivity contribution >= 4 is 18.1 Å². The standard InChI is InChI=1S/C15H16N4O/c16-5-8-19-15(20)14-9-13(10-18-11-14)2-1-12-3-6-17-7-4-12/h1-4,6-7,9-11H,5,8,16H2,(H,19,20)/b2-1+. The highest BCUT2D eigenvalue weighted by Gasteiger charge is 2.04. The van der Waals surface area contributed by atoms with Crippen LogP contribution in [-0.4, -0.2) is 29.0 Å². The van der Waals surface area contributed by atoms with E-state index in [0.29, 0.717) is 18.7 Å². The molecule has 2 heterocycles. The third kappa shape index (κ3) is 4.00. The van der Waals surface area contributed by atoms with Crippen LogP contribution in [0.3, 0.4) is 0 Å². The summed E-state index contributed by atoms with van der Waals surface area (Å²) in [6.45, 7) is 0.872. The maximum Gasteiger partial charge on any atom is 0.252 e. The van der Waals surface area contributed by atoms with Crippen LogP contribution < -0.4 is 11.1 Å². The molecule has 0 radical (unpaired) electrons. The molecule has 0 spiro atoms. The van der Waals surface area contributed by atoms with Crippen molar-refractivity contribution in [1.82, 2.24) is 15.3 Å². The largest absolute Gasteiger partial charge is 0.351 e. The van der Waals surface area contributed by atoms with E-state index in [1.807, 2.05) is 24.3 Å². The topological polar surface area (TPSA) is 80.9 Å². The maximum atomic E-state index is 11.8. The molecule has 0 saturated carbocycles. The van der Waals surface area contributed by atoms with Crippen LogP contribution in [0.15, 0.2) is 43.0 Å². The molecule has 1 amide bonds. The van der Waals surface area contributed by atoms with Gasteiger partial charge in [-0.3, -0.25) is 14.8 Å². The predicted molar refractivity (Wildman–Crippen MR) is 78.8 cm³/mol. The van der Waals surface area contributed by atoms with Gasteiger partial charge in [0, 0.05) is 37.9 Å². The molecule has 5 nitrogen and oxygen atoms in total. The molecule has 0 unspecified atom stereocenters. The van der Waals surface area contributed by atoms with Crippen molar-refractivity contribution in [3.63, 3.8) is 0 Å². The first-order valence-electron chi connectivity index (χ1n) is 6.31. The summed E-state index contributed by atoms with van der Waals surface area (Å²) in [5.74, 6) is -0.165. The maximum absolute atomic E-state index is 11.8. The molecular formula is C15H16N4O. The molecule has 0 bridgehead atoms. The molecule has 2 aromatic heterocycles. The average Bonchev–Trinajstić information content (AvgIpc) is 2.52. The van der Waals surface area contributed by atoms with Gasteiger partial charge in [0.25, 0.3) is 5.91 Å². The average molecular weight is 268 g/mol. The third-order valence-corrected chi connectivity index (χ3v) is 2.63. The van der Waals surface area contributed by atoms with Gasteiger partial charge in [0.05, 0.1) is 5.56 Å². The van der Waals surface area contributed by atoms with Crippen molar-refractivity contribution in [2.75, 3.05) is 13.1 Å². The van der Waals surface area contributed by atoms with Gasteiger partial charge in [-0.1, -0.05) is 12.2 Å². The first kappa shape index (κ1) is 13.9. The summed E-state index contributed by atoms with van der Waals surface area (Å²) in [5.41, 5.74) is 7.78. The molecule has 0 aliphatic rings. The van der Waals surface area contributed by atoms with Gasteiger partial charge in [0.1, 0.15) is 0 Å². The fraction of sp³-hybridized carbons (Fsp3) is 0.133. The lowest BCUT2D eigenvalue weighted by atomic mass is 10.1. The number of pyridine rings is 2. The lowest BCUT2D eigenvalue weighted by molar-refractivity contribution is 0.0954. The highest BCUT2D eigenvalue weighted by Crippen LogP contribution is 2.08. The Hall–Kier alpha value is -2.53. The summed E-state index contributed by atoms with van der Waals surface area (Å²) in [5, 5.41) is 2.71. The van der Waals surface area contributed by atoms with E-state index in [9.17, 15) is 4.79 Å². The van der Waals surface area contributed by atoms with E-state index >= 15 is 0 Å². The Labute approximate surface area is 117 Å². The van der Waals surface area contributed by atoms with Crippen molar-refractivity contribution in [1.29, 1.82) is 0 Å². The van der Waals surface area contributed by atoms with E-state index in [1.54, 1.807) is 24.7 Å². The van der Waals surface area contributed by atoms with Crippen LogP contribution in [0, 0.1) is 0 Å². The number of nitrogens with zero attached hydrogens (tertiary/aromatic N) is 2. The van der Waals surface area contributed by atoms with Crippen molar-refractivity contribution in [3.8, 4) is 0 Å². The van der Waals surface area contributed by atoms with Crippen molar-refractivity contribution in [2.24, 2.45) is 5.73 Å². The number of hydrogen-bond donors (Lipinski definition) is 2. The normalized spacial score (nSPS) is 10.7. The number of aromatic nitrogens is 2. The smallest absolute Gasteiger partial charge is 0.252 e. The summed E-state index contributed by atoms with van der Waals surface area (Å²) >= 11 is 0. The Morgan fingerprint density at radius 1 is 1.15 bits per heavy atom. The van der Waals surface area contributed by atoms with Crippen LogP contribution in [-0.2, 0) is 0 Å². The SMILES string of the molecule is NCCNC(=O)c1cncc(/C=C/c2ccncc2)c1. The summed E-state index contributed by atoms with van der Waals surface area (Å²) in [7, 11) is 0. The Morgan fingerprint density at radius 2 is 1.90 bits per heavy atom. The minimum Gasteiger partial charge on any atom is -0.351 e. The van der Waals surface area contributed by atoms with Gasteiger partial charge in [0.15, 0.2) is 0 Å². The predicted octanol–water partition coefficient (Wildman–Crippen LogP) is 1.34. The van der Waals surface area contributed by atoms with Crippen LogP contribution in [0.1, 0.15) is 21.5 Å². The van der Waals surface area contributed by atoms with Crippen molar-refractivity contribution < 1.29 is 4.79 Å². The number of nitrogens with one attached hydrogen (secondary N) is 1. The first-order valence-corrected chi connectivity index (χ1v) is 6.31.